The minimum atomic E-state index is -0.284. The molecule has 2 aromatic carbocycles. The SMILES string of the molecule is Cn1nc(-c2ccccc2)c(C(=O)C=Cc2ccccc2)c(N2CCOCC2)c1=O. The Kier molecular flexibility index (Phi) is 5.86. The summed E-state index contributed by atoms with van der Waals surface area (Å²) < 4.78 is 6.76. The molecule has 0 aliphatic carbocycles. The van der Waals surface area contributed by atoms with E-state index in [0.29, 0.717) is 43.2 Å². The van der Waals surface area contributed by atoms with Gasteiger partial charge in [-0.2, -0.15) is 5.10 Å². The average Bonchev–Trinajstić information content (AvgIpc) is 2.80. The molecule has 0 bridgehead atoms. The van der Waals surface area contributed by atoms with Crippen LogP contribution < -0.4 is 10.5 Å². The molecule has 6 nitrogen and oxygen atoms in total. The van der Waals surface area contributed by atoms with Crippen molar-refractivity contribution in [3.63, 3.8) is 0 Å². The Bertz CT molecular complexity index is 1120. The molecule has 30 heavy (non-hydrogen) atoms. The van der Waals surface area contributed by atoms with E-state index in [1.807, 2.05) is 65.6 Å². The number of anilines is 1. The van der Waals surface area contributed by atoms with E-state index in [1.165, 1.54) is 10.8 Å². The number of morpholine rings is 1. The topological polar surface area (TPSA) is 64.4 Å². The molecular formula is C24H23N3O3. The maximum Gasteiger partial charge on any atom is 0.290 e. The van der Waals surface area contributed by atoms with Crippen LogP contribution in [0.5, 0.6) is 0 Å². The second-order valence-corrected chi connectivity index (χ2v) is 7.07. The van der Waals surface area contributed by atoms with Crippen molar-refractivity contribution in [1.82, 2.24) is 9.78 Å². The fourth-order valence-corrected chi connectivity index (χ4v) is 3.55. The van der Waals surface area contributed by atoms with Crippen LogP contribution in [0.15, 0.2) is 71.5 Å². The molecule has 0 spiro atoms. The first-order valence-electron chi connectivity index (χ1n) is 9.92. The highest BCUT2D eigenvalue weighted by Gasteiger charge is 2.27. The van der Waals surface area contributed by atoms with Crippen LogP contribution in [0.4, 0.5) is 5.69 Å². The molecule has 6 heteroatoms. The lowest BCUT2D eigenvalue weighted by atomic mass is 10.00. The molecule has 0 amide bonds. The molecule has 0 N–H and O–H groups in total. The summed E-state index contributed by atoms with van der Waals surface area (Å²) in [6.45, 7) is 2.13. The van der Waals surface area contributed by atoms with E-state index in [4.69, 9.17) is 4.74 Å². The van der Waals surface area contributed by atoms with Crippen LogP contribution in [-0.2, 0) is 11.8 Å². The number of ketones is 1. The van der Waals surface area contributed by atoms with Crippen molar-refractivity contribution < 1.29 is 9.53 Å². The van der Waals surface area contributed by atoms with Crippen LogP contribution in [0.1, 0.15) is 15.9 Å². The summed E-state index contributed by atoms with van der Waals surface area (Å²) in [5.41, 5.74) is 2.64. The summed E-state index contributed by atoms with van der Waals surface area (Å²) in [5, 5.41) is 4.47. The van der Waals surface area contributed by atoms with Gasteiger partial charge in [0.15, 0.2) is 5.78 Å². The molecule has 1 fully saturated rings. The second kappa shape index (κ2) is 8.88. The molecule has 2 heterocycles. The molecular weight excluding hydrogens is 378 g/mol. The summed E-state index contributed by atoms with van der Waals surface area (Å²) >= 11 is 0. The van der Waals surface area contributed by atoms with E-state index in [-0.39, 0.29) is 11.3 Å². The quantitative estimate of drug-likeness (QED) is 0.485. The van der Waals surface area contributed by atoms with Gasteiger partial charge in [0.1, 0.15) is 11.4 Å². The maximum atomic E-state index is 13.4. The van der Waals surface area contributed by atoms with Gasteiger partial charge in [0.25, 0.3) is 5.56 Å². The van der Waals surface area contributed by atoms with Crippen LogP contribution in [-0.4, -0.2) is 41.9 Å². The van der Waals surface area contributed by atoms with Gasteiger partial charge in [0, 0.05) is 25.7 Å². The van der Waals surface area contributed by atoms with Gasteiger partial charge in [0.2, 0.25) is 0 Å². The molecule has 1 aromatic heterocycles. The molecule has 0 unspecified atom stereocenters. The molecule has 1 aliphatic rings. The Hall–Kier alpha value is -3.51. The standard InChI is InChI=1S/C24H23N3O3/c1-26-24(29)23(27-14-16-30-17-15-27)21(22(25-26)19-10-6-3-7-11-19)20(28)13-12-18-8-4-2-5-9-18/h2-13H,14-17H2,1H3. The fourth-order valence-electron chi connectivity index (χ4n) is 3.55. The summed E-state index contributed by atoms with van der Waals surface area (Å²) in [4.78, 5) is 28.4. The number of hydrogen-bond acceptors (Lipinski definition) is 5. The normalized spacial score (nSPS) is 14.2. The Balaban J connectivity index is 1.88. The predicted octanol–water partition coefficient (Wildman–Crippen LogP) is 3.18. The molecule has 0 radical (unpaired) electrons. The summed E-state index contributed by atoms with van der Waals surface area (Å²) in [5.74, 6) is -0.246. The van der Waals surface area contributed by atoms with Crippen LogP contribution >= 0.6 is 0 Å². The molecule has 152 valence electrons. The first-order valence-corrected chi connectivity index (χ1v) is 9.92. The highest BCUT2D eigenvalue weighted by molar-refractivity contribution is 6.14. The lowest BCUT2D eigenvalue weighted by Gasteiger charge is -2.30. The van der Waals surface area contributed by atoms with E-state index in [2.05, 4.69) is 5.10 Å². The number of carbonyl (C=O) groups is 1. The monoisotopic (exact) mass is 401 g/mol. The molecule has 4 rings (SSSR count). The Labute approximate surface area is 175 Å². The lowest BCUT2D eigenvalue weighted by Crippen LogP contribution is -2.42. The third kappa shape index (κ3) is 4.09. The second-order valence-electron chi connectivity index (χ2n) is 7.07. The summed E-state index contributed by atoms with van der Waals surface area (Å²) in [7, 11) is 1.62. The fraction of sp³-hybridized carbons (Fsp3) is 0.208. The third-order valence-electron chi connectivity index (χ3n) is 5.07. The third-order valence-corrected chi connectivity index (χ3v) is 5.07. The zero-order chi connectivity index (χ0) is 20.9. The van der Waals surface area contributed by atoms with Crippen molar-refractivity contribution >= 4 is 17.5 Å². The van der Waals surface area contributed by atoms with E-state index in [1.54, 1.807) is 13.1 Å². The highest BCUT2D eigenvalue weighted by Crippen LogP contribution is 2.28. The van der Waals surface area contributed by atoms with Gasteiger partial charge in [-0.25, -0.2) is 4.68 Å². The Morgan fingerprint density at radius 1 is 1.00 bits per heavy atom. The number of hydrogen-bond donors (Lipinski definition) is 0. The smallest absolute Gasteiger partial charge is 0.290 e. The van der Waals surface area contributed by atoms with Crippen LogP contribution in [0.3, 0.4) is 0 Å². The number of aryl methyl sites for hydroxylation is 1. The van der Waals surface area contributed by atoms with Crippen LogP contribution in [0.2, 0.25) is 0 Å². The molecule has 0 saturated carbocycles. The van der Waals surface area contributed by atoms with Gasteiger partial charge in [-0.3, -0.25) is 9.59 Å². The van der Waals surface area contributed by atoms with Crippen molar-refractivity contribution in [3.8, 4) is 11.3 Å². The van der Waals surface area contributed by atoms with E-state index in [9.17, 15) is 9.59 Å². The maximum absolute atomic E-state index is 13.4. The molecule has 1 aliphatic heterocycles. The van der Waals surface area contributed by atoms with E-state index < -0.39 is 0 Å². The first-order chi connectivity index (χ1) is 14.6. The van der Waals surface area contributed by atoms with Gasteiger partial charge in [0.05, 0.1) is 18.8 Å². The van der Waals surface area contributed by atoms with Crippen LogP contribution in [0.25, 0.3) is 17.3 Å². The number of allylic oxidation sites excluding steroid dienone is 1. The average molecular weight is 401 g/mol. The largest absolute Gasteiger partial charge is 0.378 e. The van der Waals surface area contributed by atoms with Crippen molar-refractivity contribution in [2.75, 3.05) is 31.2 Å². The Morgan fingerprint density at radius 2 is 1.63 bits per heavy atom. The zero-order valence-electron chi connectivity index (χ0n) is 16.8. The van der Waals surface area contributed by atoms with Gasteiger partial charge >= 0.3 is 0 Å². The van der Waals surface area contributed by atoms with Gasteiger partial charge in [-0.05, 0) is 11.6 Å². The van der Waals surface area contributed by atoms with E-state index in [0.717, 1.165) is 11.1 Å². The Morgan fingerprint density at radius 3 is 2.30 bits per heavy atom. The summed E-state index contributed by atoms with van der Waals surface area (Å²) in [6.07, 6.45) is 3.28. The molecule has 3 aromatic rings. The zero-order valence-corrected chi connectivity index (χ0v) is 16.8. The van der Waals surface area contributed by atoms with Crippen LogP contribution in [0, 0.1) is 0 Å². The van der Waals surface area contributed by atoms with Crippen molar-refractivity contribution in [2.45, 2.75) is 0 Å². The number of carbonyl (C=O) groups excluding carboxylic acids is 1. The van der Waals surface area contributed by atoms with Gasteiger partial charge in [-0.1, -0.05) is 66.7 Å². The molecule has 0 atom stereocenters. The molecule has 1 saturated heterocycles. The van der Waals surface area contributed by atoms with E-state index >= 15 is 0 Å². The minimum Gasteiger partial charge on any atom is -0.378 e. The number of aromatic nitrogens is 2. The van der Waals surface area contributed by atoms with Crippen molar-refractivity contribution in [1.29, 1.82) is 0 Å². The first kappa shape index (κ1) is 19.8. The van der Waals surface area contributed by atoms with Gasteiger partial charge in [-0.15, -0.1) is 0 Å². The highest BCUT2D eigenvalue weighted by atomic mass is 16.5. The number of ether oxygens (including phenoxy) is 1. The number of rotatable bonds is 5. The predicted molar refractivity (Wildman–Crippen MR) is 118 cm³/mol. The number of nitrogens with zero attached hydrogens (tertiary/aromatic N) is 3. The summed E-state index contributed by atoms with van der Waals surface area (Å²) in [6, 6.07) is 19.1. The lowest BCUT2D eigenvalue weighted by molar-refractivity contribution is 0.104. The van der Waals surface area contributed by atoms with Gasteiger partial charge < -0.3 is 9.64 Å². The number of benzene rings is 2. The minimum absolute atomic E-state index is 0.246. The van der Waals surface area contributed by atoms with Crippen molar-refractivity contribution in [2.24, 2.45) is 7.05 Å². The van der Waals surface area contributed by atoms with Crippen molar-refractivity contribution in [3.05, 3.63) is 88.2 Å².